The summed E-state index contributed by atoms with van der Waals surface area (Å²) in [5, 5.41) is -0.135. The Morgan fingerprint density at radius 2 is 2.21 bits per heavy atom. The van der Waals surface area contributed by atoms with Crippen molar-refractivity contribution in [3.63, 3.8) is 0 Å². The van der Waals surface area contributed by atoms with E-state index in [1.54, 1.807) is 17.6 Å². The van der Waals surface area contributed by atoms with Crippen LogP contribution < -0.4 is 0 Å². The average Bonchev–Trinajstić information content (AvgIpc) is 3.23. The number of ether oxygens (including phenoxy) is 1. The molecule has 1 aliphatic carbocycles. The molecule has 0 amide bonds. The number of nitrogens with zero attached hydrogens (tertiary/aromatic N) is 2. The molecule has 1 saturated carbocycles. The van der Waals surface area contributed by atoms with Crippen molar-refractivity contribution in [3.8, 4) is 0 Å². The molecule has 2 aliphatic rings. The monoisotopic (exact) mass is 282 g/mol. The van der Waals surface area contributed by atoms with E-state index in [1.165, 1.54) is 5.56 Å². The van der Waals surface area contributed by atoms with Gasteiger partial charge in [0.25, 0.3) is 0 Å². The maximum atomic E-state index is 12.2. The van der Waals surface area contributed by atoms with E-state index in [-0.39, 0.29) is 5.25 Å². The Morgan fingerprint density at radius 3 is 2.89 bits per heavy atom. The van der Waals surface area contributed by atoms with Gasteiger partial charge in [0.15, 0.2) is 0 Å². The van der Waals surface area contributed by atoms with Crippen molar-refractivity contribution in [1.29, 1.82) is 0 Å². The molecule has 3 rings (SSSR count). The molecule has 0 aromatic carbocycles. The van der Waals surface area contributed by atoms with Crippen LogP contribution in [-0.4, -0.2) is 36.6 Å². The summed E-state index contributed by atoms with van der Waals surface area (Å²) in [6, 6.07) is 0. The molecule has 0 atom stereocenters. The van der Waals surface area contributed by atoms with Crippen molar-refractivity contribution < 1.29 is 13.2 Å². The van der Waals surface area contributed by atoms with Crippen molar-refractivity contribution in [2.45, 2.75) is 37.7 Å². The first-order valence-corrected chi connectivity index (χ1v) is 8.06. The summed E-state index contributed by atoms with van der Waals surface area (Å²) in [5.41, 5.74) is 3.30. The number of methoxy groups -OCH3 is 1. The first kappa shape index (κ1) is 13.0. The number of aromatic nitrogens is 1. The molecule has 1 fully saturated rings. The van der Waals surface area contributed by atoms with Gasteiger partial charge in [-0.05, 0) is 36.0 Å². The predicted molar refractivity (Wildman–Crippen MR) is 71.0 cm³/mol. The quantitative estimate of drug-likeness (QED) is 0.829. The van der Waals surface area contributed by atoms with Gasteiger partial charge in [0.1, 0.15) is 0 Å². The van der Waals surface area contributed by atoms with Gasteiger partial charge in [-0.3, -0.25) is 4.98 Å². The number of rotatable bonds is 4. The van der Waals surface area contributed by atoms with Crippen molar-refractivity contribution in [1.82, 2.24) is 9.29 Å². The summed E-state index contributed by atoms with van der Waals surface area (Å²) in [6.45, 7) is 1.57. The van der Waals surface area contributed by atoms with E-state index in [9.17, 15) is 8.42 Å². The van der Waals surface area contributed by atoms with Crippen LogP contribution in [0.15, 0.2) is 12.4 Å². The van der Waals surface area contributed by atoms with Gasteiger partial charge in [0.2, 0.25) is 10.0 Å². The molecule has 5 nitrogen and oxygen atoms in total. The molecule has 0 saturated heterocycles. The van der Waals surface area contributed by atoms with Gasteiger partial charge in [-0.2, -0.15) is 4.31 Å². The predicted octanol–water partition coefficient (Wildman–Crippen LogP) is 1.08. The maximum Gasteiger partial charge on any atom is 0.217 e. The fourth-order valence-corrected chi connectivity index (χ4v) is 4.43. The van der Waals surface area contributed by atoms with Crippen LogP contribution in [0.3, 0.4) is 0 Å². The average molecular weight is 282 g/mol. The van der Waals surface area contributed by atoms with Gasteiger partial charge in [-0.25, -0.2) is 8.42 Å². The highest BCUT2D eigenvalue weighted by Gasteiger charge is 2.41. The maximum absolute atomic E-state index is 12.2. The van der Waals surface area contributed by atoms with Crippen LogP contribution in [-0.2, 0) is 34.3 Å². The fraction of sp³-hybridized carbons (Fsp3) is 0.615. The first-order chi connectivity index (χ1) is 9.13. The van der Waals surface area contributed by atoms with E-state index in [2.05, 4.69) is 4.98 Å². The minimum atomic E-state index is -3.08. The van der Waals surface area contributed by atoms with Crippen molar-refractivity contribution in [2.75, 3.05) is 13.7 Å². The molecule has 1 aliphatic heterocycles. The number of sulfonamides is 1. The molecule has 2 heterocycles. The summed E-state index contributed by atoms with van der Waals surface area (Å²) in [5.74, 6) is 0. The standard InChI is InChI=1S/C13H18N2O3S/c1-18-9-11-7-14-6-10-8-15(5-4-13(10)11)19(16,17)12-2-3-12/h6-7,12H,2-5,8-9H2,1H3. The molecule has 1 aromatic heterocycles. The lowest BCUT2D eigenvalue weighted by Gasteiger charge is -2.29. The highest BCUT2D eigenvalue weighted by molar-refractivity contribution is 7.90. The largest absolute Gasteiger partial charge is 0.380 e. The number of hydrogen-bond acceptors (Lipinski definition) is 4. The molecule has 104 valence electrons. The van der Waals surface area contributed by atoms with Gasteiger partial charge in [-0.1, -0.05) is 0 Å². The van der Waals surface area contributed by atoms with Crippen LogP contribution in [0.4, 0.5) is 0 Å². The van der Waals surface area contributed by atoms with Crippen LogP contribution in [0.25, 0.3) is 0 Å². The van der Waals surface area contributed by atoms with Crippen LogP contribution in [0, 0.1) is 0 Å². The molecule has 0 bridgehead atoms. The van der Waals surface area contributed by atoms with E-state index in [0.29, 0.717) is 19.7 Å². The third-order valence-electron chi connectivity index (χ3n) is 3.80. The van der Waals surface area contributed by atoms with E-state index in [0.717, 1.165) is 30.4 Å². The number of pyridine rings is 1. The molecular formula is C13H18N2O3S. The zero-order valence-electron chi connectivity index (χ0n) is 11.0. The topological polar surface area (TPSA) is 59.5 Å². The molecule has 0 spiro atoms. The Balaban J connectivity index is 1.86. The van der Waals surface area contributed by atoms with E-state index >= 15 is 0 Å². The second-order valence-corrected chi connectivity index (χ2v) is 7.41. The fourth-order valence-electron chi connectivity index (χ4n) is 2.62. The van der Waals surface area contributed by atoms with Crippen LogP contribution in [0.2, 0.25) is 0 Å². The minimum absolute atomic E-state index is 0.135. The Labute approximate surface area is 113 Å². The highest BCUT2D eigenvalue weighted by Crippen LogP contribution is 2.33. The zero-order chi connectivity index (χ0) is 13.5. The Hall–Kier alpha value is -0.980. The summed E-state index contributed by atoms with van der Waals surface area (Å²) in [7, 11) is -1.42. The van der Waals surface area contributed by atoms with Crippen molar-refractivity contribution in [3.05, 3.63) is 29.1 Å². The third-order valence-corrected chi connectivity index (χ3v) is 6.14. The van der Waals surface area contributed by atoms with E-state index in [1.807, 2.05) is 6.20 Å². The lowest BCUT2D eigenvalue weighted by Crippen LogP contribution is -2.38. The van der Waals surface area contributed by atoms with Gasteiger partial charge >= 0.3 is 0 Å². The van der Waals surface area contributed by atoms with Gasteiger partial charge < -0.3 is 4.74 Å². The molecule has 1 aromatic rings. The number of hydrogen-bond donors (Lipinski definition) is 0. The Bertz CT molecular complexity index is 582. The van der Waals surface area contributed by atoms with Crippen LogP contribution in [0.5, 0.6) is 0 Å². The smallest absolute Gasteiger partial charge is 0.217 e. The summed E-state index contributed by atoms with van der Waals surface area (Å²) in [6.07, 6.45) is 5.97. The second kappa shape index (κ2) is 4.85. The SMILES string of the molecule is COCc1cncc2c1CCN(S(=O)(=O)C1CC1)C2. The summed E-state index contributed by atoms with van der Waals surface area (Å²) >= 11 is 0. The zero-order valence-corrected chi connectivity index (χ0v) is 11.8. The minimum Gasteiger partial charge on any atom is -0.380 e. The van der Waals surface area contributed by atoms with E-state index in [4.69, 9.17) is 4.74 Å². The lowest BCUT2D eigenvalue weighted by atomic mass is 9.99. The first-order valence-electron chi connectivity index (χ1n) is 6.55. The van der Waals surface area contributed by atoms with Crippen LogP contribution in [0.1, 0.15) is 29.5 Å². The number of fused-ring (bicyclic) bond motifs is 1. The lowest BCUT2D eigenvalue weighted by molar-refractivity contribution is 0.183. The molecular weight excluding hydrogens is 264 g/mol. The highest BCUT2D eigenvalue weighted by atomic mass is 32.2. The van der Waals surface area contributed by atoms with Crippen molar-refractivity contribution >= 4 is 10.0 Å². The molecule has 0 radical (unpaired) electrons. The summed E-state index contributed by atoms with van der Waals surface area (Å²) in [4.78, 5) is 4.19. The molecule has 19 heavy (non-hydrogen) atoms. The van der Waals surface area contributed by atoms with Crippen LogP contribution >= 0.6 is 0 Å². The molecule has 6 heteroatoms. The second-order valence-electron chi connectivity index (χ2n) is 5.20. The third kappa shape index (κ3) is 2.40. The Morgan fingerprint density at radius 1 is 1.42 bits per heavy atom. The molecule has 0 N–H and O–H groups in total. The van der Waals surface area contributed by atoms with Crippen molar-refractivity contribution in [2.24, 2.45) is 0 Å². The summed E-state index contributed by atoms with van der Waals surface area (Å²) < 4.78 is 31.3. The van der Waals surface area contributed by atoms with E-state index < -0.39 is 10.0 Å². The Kier molecular flexibility index (Phi) is 3.32. The normalized spacial score (nSPS) is 20.3. The van der Waals surface area contributed by atoms with Gasteiger partial charge in [-0.15, -0.1) is 0 Å². The van der Waals surface area contributed by atoms with Gasteiger partial charge in [0.05, 0.1) is 11.9 Å². The van der Waals surface area contributed by atoms with Gasteiger partial charge in [0, 0.05) is 32.6 Å². The molecule has 0 unspecified atom stereocenters.